The molecule has 3 rings (SSSR count). The molecular weight excluding hydrogens is 282 g/mol. The highest BCUT2D eigenvalue weighted by Crippen LogP contribution is 2.39. The lowest BCUT2D eigenvalue weighted by Gasteiger charge is -2.18. The second kappa shape index (κ2) is 5.97. The summed E-state index contributed by atoms with van der Waals surface area (Å²) in [6.07, 6.45) is 3.10. The van der Waals surface area contributed by atoms with E-state index in [9.17, 15) is 10.1 Å². The van der Waals surface area contributed by atoms with Gasteiger partial charge in [-0.25, -0.2) is 9.97 Å². The molecular formula is C15H17N5O2. The summed E-state index contributed by atoms with van der Waals surface area (Å²) in [5.74, 6) is 0.629. The lowest BCUT2D eigenvalue weighted by molar-refractivity contribution is -0.383. The Hall–Kier alpha value is -2.70. The average Bonchev–Trinajstić information content (AvgIpc) is 2.96. The van der Waals surface area contributed by atoms with Gasteiger partial charge in [0.15, 0.2) is 0 Å². The van der Waals surface area contributed by atoms with Gasteiger partial charge < -0.3 is 10.2 Å². The van der Waals surface area contributed by atoms with Crippen LogP contribution in [0.2, 0.25) is 0 Å². The smallest absolute Gasteiger partial charge is 0.353 e. The molecule has 7 nitrogen and oxygen atoms in total. The first-order valence-corrected chi connectivity index (χ1v) is 7.31. The van der Waals surface area contributed by atoms with Crippen molar-refractivity contribution in [1.29, 1.82) is 0 Å². The minimum Gasteiger partial charge on any atom is -0.364 e. The Bertz CT molecular complexity index is 704. The van der Waals surface area contributed by atoms with Crippen LogP contribution in [-0.2, 0) is 6.42 Å². The van der Waals surface area contributed by atoms with Crippen molar-refractivity contribution in [3.8, 4) is 0 Å². The lowest BCUT2D eigenvalue weighted by Crippen LogP contribution is -2.18. The summed E-state index contributed by atoms with van der Waals surface area (Å²) in [7, 11) is 0. The maximum Gasteiger partial charge on any atom is 0.353 e. The van der Waals surface area contributed by atoms with E-state index in [1.54, 1.807) is 0 Å². The first-order valence-electron chi connectivity index (χ1n) is 7.31. The van der Waals surface area contributed by atoms with Crippen LogP contribution in [0.4, 0.5) is 23.0 Å². The van der Waals surface area contributed by atoms with Gasteiger partial charge in [-0.15, -0.1) is 0 Å². The van der Waals surface area contributed by atoms with Crippen molar-refractivity contribution in [2.45, 2.75) is 19.8 Å². The van der Waals surface area contributed by atoms with Gasteiger partial charge in [0.05, 0.1) is 4.92 Å². The molecule has 0 aliphatic carbocycles. The van der Waals surface area contributed by atoms with E-state index in [-0.39, 0.29) is 11.5 Å². The Morgan fingerprint density at radius 1 is 1.36 bits per heavy atom. The van der Waals surface area contributed by atoms with E-state index >= 15 is 0 Å². The van der Waals surface area contributed by atoms with Gasteiger partial charge in [-0.05, 0) is 24.5 Å². The van der Waals surface area contributed by atoms with Crippen molar-refractivity contribution in [3.05, 3.63) is 46.3 Å². The Balaban J connectivity index is 2.06. The largest absolute Gasteiger partial charge is 0.364 e. The van der Waals surface area contributed by atoms with Crippen LogP contribution in [0.5, 0.6) is 0 Å². The van der Waals surface area contributed by atoms with E-state index in [1.165, 1.54) is 11.9 Å². The van der Waals surface area contributed by atoms with Gasteiger partial charge in [-0.2, -0.15) is 0 Å². The average molecular weight is 299 g/mol. The summed E-state index contributed by atoms with van der Waals surface area (Å²) >= 11 is 0. The van der Waals surface area contributed by atoms with E-state index in [4.69, 9.17) is 0 Å². The van der Waals surface area contributed by atoms with Gasteiger partial charge in [-0.1, -0.05) is 25.1 Å². The van der Waals surface area contributed by atoms with E-state index < -0.39 is 4.92 Å². The van der Waals surface area contributed by atoms with E-state index in [0.29, 0.717) is 18.9 Å². The van der Waals surface area contributed by atoms with Gasteiger partial charge in [0.1, 0.15) is 6.33 Å². The van der Waals surface area contributed by atoms with Crippen molar-refractivity contribution in [3.63, 3.8) is 0 Å². The molecule has 7 heteroatoms. The number of nitrogens with zero attached hydrogens (tertiary/aromatic N) is 4. The Morgan fingerprint density at radius 3 is 2.95 bits per heavy atom. The Morgan fingerprint density at radius 2 is 2.18 bits per heavy atom. The molecule has 1 aromatic heterocycles. The molecule has 0 saturated carbocycles. The maximum absolute atomic E-state index is 11.5. The summed E-state index contributed by atoms with van der Waals surface area (Å²) in [6, 6.07) is 7.91. The molecule has 2 heterocycles. The highest BCUT2D eigenvalue weighted by atomic mass is 16.6. The molecule has 0 unspecified atom stereocenters. The summed E-state index contributed by atoms with van der Waals surface area (Å²) in [6.45, 7) is 3.32. The number of nitro groups is 1. The first-order chi connectivity index (χ1) is 10.7. The van der Waals surface area contributed by atoms with Crippen molar-refractivity contribution in [2.24, 2.45) is 0 Å². The first kappa shape index (κ1) is 14.2. The highest BCUT2D eigenvalue weighted by Gasteiger charge is 2.30. The molecule has 0 spiro atoms. The van der Waals surface area contributed by atoms with Crippen molar-refractivity contribution >= 4 is 23.0 Å². The molecule has 1 aliphatic rings. The quantitative estimate of drug-likeness (QED) is 0.675. The zero-order valence-electron chi connectivity index (χ0n) is 12.3. The fraction of sp³-hybridized carbons (Fsp3) is 0.333. The van der Waals surface area contributed by atoms with Gasteiger partial charge in [0.25, 0.3) is 0 Å². The fourth-order valence-corrected chi connectivity index (χ4v) is 2.67. The molecule has 2 aromatic rings. The minimum atomic E-state index is -0.408. The molecule has 114 valence electrons. The second-order valence-corrected chi connectivity index (χ2v) is 5.11. The third kappa shape index (κ3) is 2.45. The van der Waals surface area contributed by atoms with Crippen LogP contribution < -0.4 is 10.2 Å². The van der Waals surface area contributed by atoms with Gasteiger partial charge in [0.2, 0.25) is 11.6 Å². The monoisotopic (exact) mass is 299 g/mol. The van der Waals surface area contributed by atoms with E-state index in [0.717, 1.165) is 18.5 Å². The van der Waals surface area contributed by atoms with Gasteiger partial charge >= 0.3 is 5.69 Å². The third-order valence-corrected chi connectivity index (χ3v) is 3.67. The molecule has 0 saturated heterocycles. The lowest BCUT2D eigenvalue weighted by atomic mass is 10.2. The number of para-hydroxylation sites is 1. The van der Waals surface area contributed by atoms with Crippen LogP contribution in [-0.4, -0.2) is 28.0 Å². The fourth-order valence-electron chi connectivity index (χ4n) is 2.67. The number of aromatic nitrogens is 2. The Kier molecular flexibility index (Phi) is 3.86. The number of hydrogen-bond donors (Lipinski definition) is 1. The molecule has 1 aliphatic heterocycles. The number of rotatable bonds is 5. The summed E-state index contributed by atoms with van der Waals surface area (Å²) in [5.41, 5.74) is 2.09. The number of hydrogen-bond acceptors (Lipinski definition) is 6. The van der Waals surface area contributed by atoms with Gasteiger partial charge in [0, 0.05) is 18.8 Å². The van der Waals surface area contributed by atoms with Crippen molar-refractivity contribution in [1.82, 2.24) is 9.97 Å². The van der Waals surface area contributed by atoms with E-state index in [1.807, 2.05) is 36.1 Å². The minimum absolute atomic E-state index is 0.0624. The molecule has 0 amide bonds. The van der Waals surface area contributed by atoms with Crippen LogP contribution in [0.3, 0.4) is 0 Å². The molecule has 22 heavy (non-hydrogen) atoms. The van der Waals surface area contributed by atoms with Crippen LogP contribution in [0.1, 0.15) is 18.9 Å². The number of fused-ring (bicyclic) bond motifs is 1. The molecule has 0 radical (unpaired) electrons. The number of nitrogens with one attached hydrogen (secondary N) is 1. The summed E-state index contributed by atoms with van der Waals surface area (Å²) in [4.78, 5) is 21.2. The van der Waals surface area contributed by atoms with Crippen LogP contribution in [0.25, 0.3) is 0 Å². The predicted molar refractivity (Wildman–Crippen MR) is 84.6 cm³/mol. The third-order valence-electron chi connectivity index (χ3n) is 3.67. The molecule has 1 aromatic carbocycles. The predicted octanol–water partition coefficient (Wildman–Crippen LogP) is 2.90. The number of anilines is 3. The van der Waals surface area contributed by atoms with Crippen molar-refractivity contribution < 1.29 is 4.92 Å². The zero-order valence-corrected chi connectivity index (χ0v) is 12.3. The van der Waals surface area contributed by atoms with Crippen LogP contribution in [0, 0.1) is 10.1 Å². The molecule has 0 bridgehead atoms. The second-order valence-electron chi connectivity index (χ2n) is 5.11. The van der Waals surface area contributed by atoms with Crippen molar-refractivity contribution in [2.75, 3.05) is 23.3 Å². The van der Waals surface area contributed by atoms with Crippen LogP contribution >= 0.6 is 0 Å². The standard InChI is InChI=1S/C15H17N5O2/c1-2-8-16-14-13(20(21)22)15(18-10-17-14)19-9-7-11-5-3-4-6-12(11)19/h3-6,10H,2,7-9H2,1H3,(H,16,17,18). The maximum atomic E-state index is 11.5. The topological polar surface area (TPSA) is 84.2 Å². The summed E-state index contributed by atoms with van der Waals surface area (Å²) < 4.78 is 0. The SMILES string of the molecule is CCCNc1ncnc(N2CCc3ccccc32)c1[N+](=O)[O-]. The zero-order chi connectivity index (χ0) is 15.5. The molecule has 0 atom stereocenters. The Labute approximate surface area is 128 Å². The normalized spacial score (nSPS) is 13.0. The van der Waals surface area contributed by atoms with Gasteiger partial charge in [-0.3, -0.25) is 10.1 Å². The highest BCUT2D eigenvalue weighted by molar-refractivity contribution is 5.78. The van der Waals surface area contributed by atoms with Crippen LogP contribution in [0.15, 0.2) is 30.6 Å². The number of benzene rings is 1. The molecule has 0 fully saturated rings. The molecule has 1 N–H and O–H groups in total. The van der Waals surface area contributed by atoms with E-state index in [2.05, 4.69) is 15.3 Å². The summed E-state index contributed by atoms with van der Waals surface area (Å²) in [5, 5.41) is 14.5.